The highest BCUT2D eigenvalue weighted by molar-refractivity contribution is 5.94. The molecular formula is C35H46O3. The summed E-state index contributed by atoms with van der Waals surface area (Å²) in [6, 6.07) is 23.2. The van der Waals surface area contributed by atoms with Crippen LogP contribution in [0.2, 0.25) is 0 Å². The molecule has 0 fully saturated rings. The minimum atomic E-state index is -0.440. The average Bonchev–Trinajstić information content (AvgIpc) is 2.77. The van der Waals surface area contributed by atoms with E-state index >= 15 is 0 Å². The third-order valence-electron chi connectivity index (χ3n) is 6.76. The van der Waals surface area contributed by atoms with Crippen molar-refractivity contribution in [2.45, 2.75) is 92.9 Å². The second-order valence-electron chi connectivity index (χ2n) is 14.3. The number of rotatable bonds is 8. The summed E-state index contributed by atoms with van der Waals surface area (Å²) in [5.41, 5.74) is 3.42. The van der Waals surface area contributed by atoms with Gasteiger partial charge < -0.3 is 9.47 Å². The summed E-state index contributed by atoms with van der Waals surface area (Å²) in [4.78, 5) is 13.1. The molecule has 0 saturated carbocycles. The molecule has 0 unspecified atom stereocenters. The summed E-state index contributed by atoms with van der Waals surface area (Å²) in [5, 5.41) is 0. The first-order chi connectivity index (χ1) is 17.5. The van der Waals surface area contributed by atoms with E-state index in [9.17, 15) is 4.79 Å². The molecule has 38 heavy (non-hydrogen) atoms. The van der Waals surface area contributed by atoms with E-state index in [-0.39, 0.29) is 21.7 Å². The van der Waals surface area contributed by atoms with Gasteiger partial charge in [-0.2, -0.15) is 0 Å². The third kappa shape index (κ3) is 8.21. The maximum atomic E-state index is 13.1. The van der Waals surface area contributed by atoms with Crippen LogP contribution in [-0.2, 0) is 10.8 Å². The highest BCUT2D eigenvalue weighted by atomic mass is 16.5. The number of benzene rings is 3. The van der Waals surface area contributed by atoms with Gasteiger partial charge in [-0.05, 0) is 82.0 Å². The quantitative estimate of drug-likeness (QED) is 0.221. The second kappa shape index (κ2) is 11.0. The molecule has 3 heteroatoms. The lowest BCUT2D eigenvalue weighted by molar-refractivity contribution is 0.0732. The molecule has 0 bridgehead atoms. The van der Waals surface area contributed by atoms with E-state index in [1.165, 1.54) is 11.1 Å². The number of para-hydroxylation sites is 1. The first kappa shape index (κ1) is 29.5. The fourth-order valence-corrected chi connectivity index (χ4v) is 5.82. The van der Waals surface area contributed by atoms with Gasteiger partial charge in [0.2, 0.25) is 0 Å². The normalized spacial score (nSPS) is 12.8. The van der Waals surface area contributed by atoms with E-state index in [1.807, 2.05) is 36.4 Å². The average molecular weight is 515 g/mol. The zero-order chi connectivity index (χ0) is 28.4. The van der Waals surface area contributed by atoms with Crippen molar-refractivity contribution in [3.05, 3.63) is 89.5 Å². The first-order valence-corrected chi connectivity index (χ1v) is 13.7. The molecule has 0 aliphatic rings. The van der Waals surface area contributed by atoms with Crippen molar-refractivity contribution in [3.63, 3.8) is 0 Å². The second-order valence-corrected chi connectivity index (χ2v) is 14.3. The van der Waals surface area contributed by atoms with Crippen LogP contribution in [0.5, 0.6) is 17.2 Å². The Labute approximate surface area is 230 Å². The van der Waals surface area contributed by atoms with Crippen LogP contribution in [-0.4, -0.2) is 5.97 Å². The van der Waals surface area contributed by atoms with Crippen LogP contribution in [0.15, 0.2) is 72.8 Å². The van der Waals surface area contributed by atoms with Crippen LogP contribution in [0.1, 0.15) is 104 Å². The predicted molar refractivity (Wildman–Crippen MR) is 159 cm³/mol. The van der Waals surface area contributed by atoms with Gasteiger partial charge in [0.25, 0.3) is 0 Å². The minimum absolute atomic E-state index is 0.0265. The van der Waals surface area contributed by atoms with E-state index in [0.29, 0.717) is 22.8 Å². The largest absolute Gasteiger partial charge is 0.456 e. The monoisotopic (exact) mass is 514 g/mol. The Bertz CT molecular complexity index is 1220. The van der Waals surface area contributed by atoms with E-state index in [2.05, 4.69) is 93.5 Å². The Morgan fingerprint density at radius 3 is 1.45 bits per heavy atom. The minimum Gasteiger partial charge on any atom is -0.456 e. The molecule has 0 spiro atoms. The molecule has 0 amide bonds. The zero-order valence-corrected chi connectivity index (χ0v) is 25.1. The summed E-state index contributed by atoms with van der Waals surface area (Å²) in [5.74, 6) is 1.24. The van der Waals surface area contributed by atoms with Gasteiger partial charge in [-0.1, -0.05) is 106 Å². The molecule has 3 aromatic rings. The number of ether oxygens (including phenoxy) is 2. The topological polar surface area (TPSA) is 35.5 Å². The number of carbonyl (C=O) groups excluding carboxylic acids is 1. The van der Waals surface area contributed by atoms with Crippen LogP contribution in [0.25, 0.3) is 0 Å². The van der Waals surface area contributed by atoms with E-state index < -0.39 is 5.97 Å². The van der Waals surface area contributed by atoms with Crippen molar-refractivity contribution in [1.82, 2.24) is 0 Å². The molecule has 0 radical (unpaired) electrons. The molecule has 3 nitrogen and oxygen atoms in total. The number of hydrogen-bond acceptors (Lipinski definition) is 3. The van der Waals surface area contributed by atoms with Crippen LogP contribution in [0.3, 0.4) is 0 Å². The first-order valence-electron chi connectivity index (χ1n) is 13.7. The SMILES string of the molecule is CC(C)(C)CC(C)(C)c1ccc(OC(=O)c2ccccc2Oc2ccc(C(C)(C)CC(C)(C)C)cc2)cc1. The smallest absolute Gasteiger partial charge is 0.347 e. The van der Waals surface area contributed by atoms with Gasteiger partial charge in [0.15, 0.2) is 0 Å². The van der Waals surface area contributed by atoms with Crippen molar-refractivity contribution in [1.29, 1.82) is 0 Å². The zero-order valence-electron chi connectivity index (χ0n) is 25.1. The maximum Gasteiger partial charge on any atom is 0.347 e. The van der Waals surface area contributed by atoms with Crippen LogP contribution in [0.4, 0.5) is 0 Å². The van der Waals surface area contributed by atoms with Crippen molar-refractivity contribution in [2.75, 3.05) is 0 Å². The van der Waals surface area contributed by atoms with Crippen LogP contribution >= 0.6 is 0 Å². The van der Waals surface area contributed by atoms with E-state index in [4.69, 9.17) is 9.47 Å². The standard InChI is InChI=1S/C35H46O3/c1-32(2,3)23-34(7,8)25-15-19-27(20-16-25)37-30-14-12-11-13-29(30)31(36)38-28-21-17-26(18-22-28)35(9,10)24-33(4,5)6/h11-22H,23-24H2,1-10H3. The van der Waals surface area contributed by atoms with Crippen molar-refractivity contribution in [3.8, 4) is 17.2 Å². The molecule has 0 aromatic heterocycles. The summed E-state index contributed by atoms with van der Waals surface area (Å²) >= 11 is 0. The Morgan fingerprint density at radius 1 is 0.579 bits per heavy atom. The summed E-state index contributed by atoms with van der Waals surface area (Å²) in [6.45, 7) is 22.6. The van der Waals surface area contributed by atoms with Gasteiger partial charge in [0, 0.05) is 0 Å². The molecule has 0 atom stereocenters. The fourth-order valence-electron chi connectivity index (χ4n) is 5.82. The lowest BCUT2D eigenvalue weighted by atomic mass is 9.72. The van der Waals surface area contributed by atoms with E-state index in [0.717, 1.165) is 12.8 Å². The fraction of sp³-hybridized carbons (Fsp3) is 0.457. The molecule has 204 valence electrons. The highest BCUT2D eigenvalue weighted by Crippen LogP contribution is 2.38. The lowest BCUT2D eigenvalue weighted by Crippen LogP contribution is -2.24. The lowest BCUT2D eigenvalue weighted by Gasteiger charge is -2.33. The van der Waals surface area contributed by atoms with Crippen molar-refractivity contribution >= 4 is 5.97 Å². The van der Waals surface area contributed by atoms with Crippen molar-refractivity contribution < 1.29 is 14.3 Å². The van der Waals surface area contributed by atoms with E-state index in [1.54, 1.807) is 12.1 Å². The van der Waals surface area contributed by atoms with Gasteiger partial charge in [-0.15, -0.1) is 0 Å². The molecule has 0 aliphatic heterocycles. The summed E-state index contributed by atoms with van der Waals surface area (Å²) in [6.07, 6.45) is 2.13. The summed E-state index contributed by atoms with van der Waals surface area (Å²) < 4.78 is 11.9. The molecule has 3 rings (SSSR count). The molecule has 0 saturated heterocycles. The number of carbonyl (C=O) groups is 1. The predicted octanol–water partition coefficient (Wildman–Crippen LogP) is 10.1. The van der Waals surface area contributed by atoms with Gasteiger partial charge in [0.05, 0.1) is 0 Å². The third-order valence-corrected chi connectivity index (χ3v) is 6.76. The number of esters is 1. The van der Waals surface area contributed by atoms with Gasteiger partial charge in [-0.25, -0.2) is 4.79 Å². The summed E-state index contributed by atoms with van der Waals surface area (Å²) in [7, 11) is 0. The van der Waals surface area contributed by atoms with Gasteiger partial charge in [0.1, 0.15) is 22.8 Å². The molecule has 0 heterocycles. The molecular weight excluding hydrogens is 468 g/mol. The number of hydrogen-bond donors (Lipinski definition) is 0. The maximum absolute atomic E-state index is 13.1. The molecule has 3 aromatic carbocycles. The highest BCUT2D eigenvalue weighted by Gasteiger charge is 2.28. The van der Waals surface area contributed by atoms with Gasteiger partial charge in [-0.3, -0.25) is 0 Å². The Kier molecular flexibility index (Phi) is 8.51. The Morgan fingerprint density at radius 2 is 1.00 bits per heavy atom. The molecule has 0 N–H and O–H groups in total. The van der Waals surface area contributed by atoms with Crippen LogP contribution in [0, 0.1) is 10.8 Å². The molecule has 0 aliphatic carbocycles. The van der Waals surface area contributed by atoms with Crippen molar-refractivity contribution in [2.24, 2.45) is 10.8 Å². The Balaban J connectivity index is 1.73. The Hall–Kier alpha value is -3.07. The van der Waals surface area contributed by atoms with Crippen LogP contribution < -0.4 is 9.47 Å². The van der Waals surface area contributed by atoms with Gasteiger partial charge >= 0.3 is 5.97 Å².